The minimum absolute atomic E-state index is 0.184. The van der Waals surface area contributed by atoms with Crippen LogP contribution >= 0.6 is 27.5 Å². The third-order valence-corrected chi connectivity index (χ3v) is 9.42. The molecule has 1 aromatic heterocycles. The number of anilines is 1. The van der Waals surface area contributed by atoms with E-state index in [0.29, 0.717) is 61.3 Å². The summed E-state index contributed by atoms with van der Waals surface area (Å²) < 4.78 is 6.26. The normalized spacial score (nSPS) is 18.6. The van der Waals surface area contributed by atoms with Crippen molar-refractivity contribution in [3.05, 3.63) is 105 Å². The first-order chi connectivity index (χ1) is 20.7. The Labute approximate surface area is 261 Å². The van der Waals surface area contributed by atoms with Crippen LogP contribution in [0, 0.1) is 18.8 Å². The number of hydrogen-bond donors (Lipinski definition) is 0. The monoisotopic (exact) mass is 656 g/mol. The third kappa shape index (κ3) is 5.19. The number of halogens is 2. The van der Waals surface area contributed by atoms with Crippen molar-refractivity contribution >= 4 is 67.7 Å². The number of esters is 1. The Kier molecular flexibility index (Phi) is 7.75. The van der Waals surface area contributed by atoms with Gasteiger partial charge in [-0.15, -0.1) is 0 Å². The Balaban J connectivity index is 1.36. The van der Waals surface area contributed by atoms with E-state index in [1.54, 1.807) is 73.7 Å². The van der Waals surface area contributed by atoms with Crippen molar-refractivity contribution < 1.29 is 23.9 Å². The number of pyridine rings is 1. The van der Waals surface area contributed by atoms with Crippen molar-refractivity contribution in [2.45, 2.75) is 32.8 Å². The van der Waals surface area contributed by atoms with Crippen molar-refractivity contribution in [2.75, 3.05) is 4.90 Å². The van der Waals surface area contributed by atoms with E-state index >= 15 is 0 Å². The first kappa shape index (κ1) is 29.0. The summed E-state index contributed by atoms with van der Waals surface area (Å²) in [6, 6.07) is 18.9. The zero-order valence-corrected chi connectivity index (χ0v) is 25.7. The molecule has 3 aromatic carbocycles. The quantitative estimate of drug-likeness (QED) is 0.0922. The van der Waals surface area contributed by atoms with Crippen LogP contribution in [0.25, 0.3) is 22.2 Å². The second-order valence-electron chi connectivity index (χ2n) is 10.7. The number of hydrogen-bond acceptors (Lipinski definition) is 6. The molecule has 3 atom stereocenters. The molecule has 1 aliphatic carbocycles. The summed E-state index contributed by atoms with van der Waals surface area (Å²) in [5, 5.41) is 0.976. The topological polar surface area (TPSA) is 93.6 Å². The molecular formula is C34H26BrClN2O5. The third-order valence-electron chi connectivity index (χ3n) is 8.08. The van der Waals surface area contributed by atoms with Crippen molar-refractivity contribution in [1.29, 1.82) is 0 Å². The Morgan fingerprint density at radius 3 is 2.23 bits per heavy atom. The number of ketones is 1. The van der Waals surface area contributed by atoms with Gasteiger partial charge < -0.3 is 4.74 Å². The van der Waals surface area contributed by atoms with E-state index in [2.05, 4.69) is 15.9 Å². The van der Waals surface area contributed by atoms with Crippen LogP contribution < -0.4 is 4.90 Å². The van der Waals surface area contributed by atoms with Gasteiger partial charge in [-0.1, -0.05) is 66.2 Å². The lowest BCUT2D eigenvalue weighted by Crippen LogP contribution is -2.30. The number of rotatable bonds is 6. The molecule has 0 saturated carbocycles. The molecule has 43 heavy (non-hydrogen) atoms. The van der Waals surface area contributed by atoms with Crippen molar-refractivity contribution in [3.63, 3.8) is 0 Å². The Morgan fingerprint density at radius 1 is 0.977 bits per heavy atom. The van der Waals surface area contributed by atoms with Crippen molar-refractivity contribution in [2.24, 2.45) is 11.8 Å². The van der Waals surface area contributed by atoms with E-state index in [1.807, 2.05) is 19.1 Å². The van der Waals surface area contributed by atoms with Crippen LogP contribution in [0.1, 0.15) is 46.0 Å². The molecule has 1 aliphatic heterocycles. The summed E-state index contributed by atoms with van der Waals surface area (Å²) in [4.78, 5) is 58.7. The molecule has 0 spiro atoms. The van der Waals surface area contributed by atoms with E-state index in [1.165, 1.54) is 4.90 Å². The van der Waals surface area contributed by atoms with Crippen LogP contribution in [-0.4, -0.2) is 34.7 Å². The van der Waals surface area contributed by atoms with Gasteiger partial charge in [0.1, 0.15) is 0 Å². The number of allylic oxidation sites excluding steroid dienone is 2. The maximum Gasteiger partial charge on any atom is 0.339 e. The lowest BCUT2D eigenvalue weighted by molar-refractivity contribution is -0.122. The zero-order valence-electron chi connectivity index (χ0n) is 23.3. The number of nitrogens with zero attached hydrogens (tertiary/aromatic N) is 2. The van der Waals surface area contributed by atoms with Crippen molar-refractivity contribution in [1.82, 2.24) is 4.98 Å². The van der Waals surface area contributed by atoms with E-state index in [4.69, 9.17) is 21.3 Å². The highest BCUT2D eigenvalue weighted by atomic mass is 79.9. The molecule has 0 radical (unpaired) electrons. The van der Waals surface area contributed by atoms with E-state index < -0.39 is 12.1 Å². The molecular weight excluding hydrogens is 632 g/mol. The number of Topliss-reactive ketones (excluding diaryl/α,β-unsaturated/α-hetero) is 1. The van der Waals surface area contributed by atoms with E-state index in [0.717, 1.165) is 0 Å². The zero-order chi connectivity index (χ0) is 30.4. The standard InChI is InChI=1S/C34H26BrClN2O5/c1-18-29(36)27(35)16-25-26(34(42)43-19(2)31(39)21-8-4-3-5-9-21)17-28(37-30(18)25)20-12-14-22(15-13-20)38-32(40)23-10-6-7-11-24(23)33(38)41/h3-9,12-17,19,23-24H,10-11H2,1-2H3. The minimum atomic E-state index is -1.02. The molecule has 0 N–H and O–H groups in total. The fraction of sp³-hybridized carbons (Fsp3) is 0.206. The number of amides is 2. The summed E-state index contributed by atoms with van der Waals surface area (Å²) in [7, 11) is 0. The van der Waals surface area contributed by atoms with Crippen molar-refractivity contribution in [3.8, 4) is 11.3 Å². The molecule has 0 bridgehead atoms. The molecule has 3 unspecified atom stereocenters. The molecule has 2 aliphatic rings. The van der Waals surface area contributed by atoms with Crippen LogP contribution in [0.5, 0.6) is 0 Å². The number of benzene rings is 3. The van der Waals surface area contributed by atoms with Gasteiger partial charge in [0, 0.05) is 21.0 Å². The highest BCUT2D eigenvalue weighted by Crippen LogP contribution is 2.39. The molecule has 2 amide bonds. The minimum Gasteiger partial charge on any atom is -0.451 e. The number of aryl methyl sites for hydroxylation is 1. The molecule has 216 valence electrons. The predicted molar refractivity (Wildman–Crippen MR) is 168 cm³/mol. The van der Waals surface area contributed by atoms with Crippen LogP contribution in [0.3, 0.4) is 0 Å². The highest BCUT2D eigenvalue weighted by Gasteiger charge is 2.47. The summed E-state index contributed by atoms with van der Waals surface area (Å²) >= 11 is 9.99. The Morgan fingerprint density at radius 2 is 1.60 bits per heavy atom. The first-order valence-corrected chi connectivity index (χ1v) is 15.1. The fourth-order valence-electron chi connectivity index (χ4n) is 5.73. The van der Waals surface area contributed by atoms with Crippen LogP contribution in [-0.2, 0) is 14.3 Å². The SMILES string of the molecule is Cc1c(Cl)c(Br)cc2c(C(=O)OC(C)C(=O)c3ccccc3)cc(-c3ccc(N4C(=O)C5CC=CCC5C4=O)cc3)nc12. The second-order valence-corrected chi connectivity index (χ2v) is 12.0. The van der Waals surface area contributed by atoms with Gasteiger partial charge in [-0.05, 0) is 72.4 Å². The highest BCUT2D eigenvalue weighted by molar-refractivity contribution is 9.10. The average molecular weight is 658 g/mol. The van der Waals surface area contributed by atoms with Crippen LogP contribution in [0.2, 0.25) is 5.02 Å². The number of aromatic nitrogens is 1. The molecule has 2 heterocycles. The Bertz CT molecular complexity index is 1810. The second kappa shape index (κ2) is 11.5. The van der Waals surface area contributed by atoms with Gasteiger partial charge in [-0.3, -0.25) is 19.3 Å². The van der Waals surface area contributed by atoms with Gasteiger partial charge in [0.25, 0.3) is 0 Å². The largest absolute Gasteiger partial charge is 0.451 e. The molecule has 9 heteroatoms. The van der Waals surface area contributed by atoms with Gasteiger partial charge in [0.2, 0.25) is 17.6 Å². The number of fused-ring (bicyclic) bond motifs is 2. The van der Waals surface area contributed by atoms with Gasteiger partial charge in [0.05, 0.1) is 39.3 Å². The van der Waals surface area contributed by atoms with E-state index in [-0.39, 0.29) is 35.0 Å². The summed E-state index contributed by atoms with van der Waals surface area (Å²) in [5.74, 6) is -2.01. The Hall–Kier alpha value is -4.14. The lowest BCUT2D eigenvalue weighted by Gasteiger charge is -2.17. The fourth-order valence-corrected chi connectivity index (χ4v) is 6.40. The summed E-state index contributed by atoms with van der Waals surface area (Å²) in [6.07, 6.45) is 4.03. The number of carbonyl (C=O) groups excluding carboxylic acids is 4. The predicted octanol–water partition coefficient (Wildman–Crippen LogP) is 7.51. The number of ether oxygens (including phenoxy) is 1. The smallest absolute Gasteiger partial charge is 0.339 e. The number of imide groups is 1. The molecule has 1 saturated heterocycles. The lowest BCUT2D eigenvalue weighted by atomic mass is 9.85. The number of carbonyl (C=O) groups is 4. The molecule has 1 fully saturated rings. The molecule has 6 rings (SSSR count). The van der Waals surface area contributed by atoms with Gasteiger partial charge in [-0.25, -0.2) is 9.78 Å². The first-order valence-electron chi connectivity index (χ1n) is 13.9. The molecule has 4 aromatic rings. The molecule has 7 nitrogen and oxygen atoms in total. The summed E-state index contributed by atoms with van der Waals surface area (Å²) in [5.41, 5.74) is 3.45. The van der Waals surface area contributed by atoms with Gasteiger partial charge in [-0.2, -0.15) is 0 Å². The van der Waals surface area contributed by atoms with Gasteiger partial charge in [0.15, 0.2) is 6.10 Å². The van der Waals surface area contributed by atoms with Gasteiger partial charge >= 0.3 is 5.97 Å². The van der Waals surface area contributed by atoms with E-state index in [9.17, 15) is 19.2 Å². The maximum atomic E-state index is 13.6. The summed E-state index contributed by atoms with van der Waals surface area (Å²) in [6.45, 7) is 3.35. The maximum absolute atomic E-state index is 13.6. The van der Waals surface area contributed by atoms with Crippen LogP contribution in [0.15, 0.2) is 83.4 Å². The van der Waals surface area contributed by atoms with Crippen LogP contribution in [0.4, 0.5) is 5.69 Å². The average Bonchev–Trinajstić information content (AvgIpc) is 3.28.